The normalized spacial score (nSPS) is 10.4. The van der Waals surface area contributed by atoms with E-state index in [2.05, 4.69) is 5.32 Å². The molecule has 0 radical (unpaired) electrons. The molecule has 0 spiro atoms. The third-order valence-corrected chi connectivity index (χ3v) is 5.32. The van der Waals surface area contributed by atoms with Gasteiger partial charge in [0.1, 0.15) is 11.5 Å². The third-order valence-electron chi connectivity index (χ3n) is 5.32. The molecular formula is C27H26N2O7. The van der Waals surface area contributed by atoms with Crippen LogP contribution in [0.2, 0.25) is 0 Å². The first-order chi connectivity index (χ1) is 17.2. The van der Waals surface area contributed by atoms with Crippen molar-refractivity contribution in [2.75, 3.05) is 11.9 Å². The molecule has 3 aromatic rings. The van der Waals surface area contributed by atoms with Gasteiger partial charge < -0.3 is 14.8 Å². The molecule has 9 nitrogen and oxygen atoms in total. The molecule has 0 heterocycles. The summed E-state index contributed by atoms with van der Waals surface area (Å²) in [6.07, 6.45) is 0.333. The first kappa shape index (κ1) is 26.1. The Labute approximate surface area is 208 Å². The molecule has 3 aromatic carbocycles. The van der Waals surface area contributed by atoms with Crippen LogP contribution in [0.25, 0.3) is 0 Å². The van der Waals surface area contributed by atoms with Crippen molar-refractivity contribution < 1.29 is 28.8 Å². The van der Waals surface area contributed by atoms with Crippen LogP contribution in [0.1, 0.15) is 40.7 Å². The number of amides is 1. The average Bonchev–Trinajstić information content (AvgIpc) is 2.86. The van der Waals surface area contributed by atoms with Crippen molar-refractivity contribution in [3.63, 3.8) is 0 Å². The number of esters is 1. The number of hydrogen-bond donors (Lipinski definition) is 1. The summed E-state index contributed by atoms with van der Waals surface area (Å²) >= 11 is 0. The van der Waals surface area contributed by atoms with Crippen molar-refractivity contribution in [3.05, 3.63) is 93.5 Å². The van der Waals surface area contributed by atoms with E-state index in [-0.39, 0.29) is 36.4 Å². The average molecular weight is 491 g/mol. The highest BCUT2D eigenvalue weighted by atomic mass is 16.6. The van der Waals surface area contributed by atoms with Gasteiger partial charge in [0, 0.05) is 36.2 Å². The maximum Gasteiger partial charge on any atom is 0.306 e. The van der Waals surface area contributed by atoms with Gasteiger partial charge in [0.15, 0.2) is 12.4 Å². The first-order valence-corrected chi connectivity index (χ1v) is 11.3. The molecule has 0 aliphatic carbocycles. The van der Waals surface area contributed by atoms with E-state index in [9.17, 15) is 24.5 Å². The number of carbonyl (C=O) groups excluding carboxylic acids is 3. The number of anilines is 1. The molecular weight excluding hydrogens is 464 g/mol. The second-order valence-electron chi connectivity index (χ2n) is 8.14. The molecule has 0 atom stereocenters. The number of nitrogens with zero attached hydrogens (tertiary/aromatic N) is 1. The van der Waals surface area contributed by atoms with Crippen LogP contribution in [0.4, 0.5) is 11.4 Å². The predicted octanol–water partition coefficient (Wildman–Crippen LogP) is 5.54. The van der Waals surface area contributed by atoms with Crippen molar-refractivity contribution in [2.45, 2.75) is 33.1 Å². The Hall–Kier alpha value is -4.53. The summed E-state index contributed by atoms with van der Waals surface area (Å²) in [5.74, 6) is 0.118. The summed E-state index contributed by atoms with van der Waals surface area (Å²) in [7, 11) is 0. The number of para-hydroxylation sites is 1. The van der Waals surface area contributed by atoms with E-state index in [1.165, 1.54) is 24.3 Å². The Bertz CT molecular complexity index is 1230. The van der Waals surface area contributed by atoms with Gasteiger partial charge in [-0.05, 0) is 67.8 Å². The van der Waals surface area contributed by atoms with Gasteiger partial charge in [0.05, 0.1) is 4.92 Å². The number of nitrogens with one attached hydrogen (secondary N) is 1. The molecule has 0 fully saturated rings. The molecule has 36 heavy (non-hydrogen) atoms. The maximum absolute atomic E-state index is 12.2. The summed E-state index contributed by atoms with van der Waals surface area (Å²) in [6.45, 7) is 3.48. The fraction of sp³-hybridized carbons (Fsp3) is 0.222. The Balaban J connectivity index is 1.37. The number of non-ortho nitro benzene ring substituents is 1. The monoisotopic (exact) mass is 490 g/mol. The molecule has 0 aromatic heterocycles. The lowest BCUT2D eigenvalue weighted by atomic mass is 10.1. The topological polar surface area (TPSA) is 125 Å². The molecule has 9 heteroatoms. The second-order valence-corrected chi connectivity index (χ2v) is 8.14. The van der Waals surface area contributed by atoms with E-state index in [0.29, 0.717) is 11.4 Å². The number of rotatable bonds is 11. The molecule has 1 amide bonds. The molecule has 3 rings (SSSR count). The highest BCUT2D eigenvalue weighted by molar-refractivity contribution is 5.98. The number of hydrogen-bond acceptors (Lipinski definition) is 7. The first-order valence-electron chi connectivity index (χ1n) is 11.3. The lowest BCUT2D eigenvalue weighted by molar-refractivity contribution is -0.384. The van der Waals surface area contributed by atoms with Gasteiger partial charge in [-0.25, -0.2) is 0 Å². The zero-order valence-corrected chi connectivity index (χ0v) is 20.0. The third kappa shape index (κ3) is 7.49. The number of ether oxygens (including phenoxy) is 2. The number of benzene rings is 3. The Kier molecular flexibility index (Phi) is 8.88. The highest BCUT2D eigenvalue weighted by Crippen LogP contribution is 2.29. The smallest absolute Gasteiger partial charge is 0.306 e. The molecule has 0 aliphatic rings. The van der Waals surface area contributed by atoms with Crippen molar-refractivity contribution in [3.8, 4) is 11.5 Å². The van der Waals surface area contributed by atoms with Gasteiger partial charge in [0.25, 0.3) is 5.69 Å². The van der Waals surface area contributed by atoms with Crippen LogP contribution in [-0.2, 0) is 14.3 Å². The number of aryl methyl sites for hydroxylation is 2. The Morgan fingerprint density at radius 2 is 1.53 bits per heavy atom. The van der Waals surface area contributed by atoms with E-state index in [0.717, 1.165) is 16.9 Å². The number of carbonyl (C=O) groups is 3. The molecule has 0 saturated heterocycles. The molecule has 186 valence electrons. The lowest BCUT2D eigenvalue weighted by Crippen LogP contribution is -2.15. The Morgan fingerprint density at radius 3 is 2.14 bits per heavy atom. The number of ketones is 1. The van der Waals surface area contributed by atoms with E-state index in [4.69, 9.17) is 9.47 Å². The summed E-state index contributed by atoms with van der Waals surface area (Å²) < 4.78 is 10.9. The van der Waals surface area contributed by atoms with E-state index in [1.807, 2.05) is 32.0 Å². The van der Waals surface area contributed by atoms with Crippen LogP contribution in [0, 0.1) is 24.0 Å². The predicted molar refractivity (Wildman–Crippen MR) is 133 cm³/mol. The summed E-state index contributed by atoms with van der Waals surface area (Å²) in [6, 6.07) is 17.9. The fourth-order valence-corrected chi connectivity index (χ4v) is 3.37. The minimum absolute atomic E-state index is 0.0243. The standard InChI is InChI=1S/C27H26N2O7/c1-18-5-3-6-19(2)27(18)36-23-15-11-21(12-16-23)28-25(31)7-4-8-26(32)35-17-24(30)20-9-13-22(14-10-20)29(33)34/h3,5-6,9-16H,4,7-8,17H2,1-2H3,(H,28,31). The fourth-order valence-electron chi connectivity index (χ4n) is 3.37. The molecule has 0 saturated carbocycles. The summed E-state index contributed by atoms with van der Waals surface area (Å²) in [4.78, 5) is 46.2. The summed E-state index contributed by atoms with van der Waals surface area (Å²) in [5.41, 5.74) is 2.73. The molecule has 0 bridgehead atoms. The molecule has 0 aliphatic heterocycles. The van der Waals surface area contributed by atoms with Crippen LogP contribution in [-0.4, -0.2) is 29.2 Å². The van der Waals surface area contributed by atoms with Crippen LogP contribution >= 0.6 is 0 Å². The van der Waals surface area contributed by atoms with Gasteiger partial charge in [-0.3, -0.25) is 24.5 Å². The van der Waals surface area contributed by atoms with Crippen molar-refractivity contribution >= 4 is 29.0 Å². The summed E-state index contributed by atoms with van der Waals surface area (Å²) in [5, 5.41) is 13.4. The van der Waals surface area contributed by atoms with Crippen molar-refractivity contribution in [2.24, 2.45) is 0 Å². The zero-order chi connectivity index (χ0) is 26.1. The van der Waals surface area contributed by atoms with Gasteiger partial charge >= 0.3 is 5.97 Å². The Morgan fingerprint density at radius 1 is 0.889 bits per heavy atom. The molecule has 1 N–H and O–H groups in total. The number of Topliss-reactive ketones (excluding diaryl/α,β-unsaturated/α-hetero) is 1. The lowest BCUT2D eigenvalue weighted by Gasteiger charge is -2.12. The van der Waals surface area contributed by atoms with Gasteiger partial charge in [0.2, 0.25) is 5.91 Å². The van der Waals surface area contributed by atoms with Crippen LogP contribution < -0.4 is 10.1 Å². The maximum atomic E-state index is 12.2. The van der Waals surface area contributed by atoms with Gasteiger partial charge in [-0.2, -0.15) is 0 Å². The van der Waals surface area contributed by atoms with Crippen molar-refractivity contribution in [1.82, 2.24) is 0 Å². The minimum Gasteiger partial charge on any atom is -0.457 e. The number of nitro groups is 1. The van der Waals surface area contributed by atoms with Crippen molar-refractivity contribution in [1.29, 1.82) is 0 Å². The van der Waals surface area contributed by atoms with Gasteiger partial charge in [-0.1, -0.05) is 18.2 Å². The van der Waals surface area contributed by atoms with Crippen LogP contribution in [0.3, 0.4) is 0 Å². The minimum atomic E-state index is -0.605. The number of nitro benzene ring substituents is 1. The van der Waals surface area contributed by atoms with Crippen LogP contribution in [0.15, 0.2) is 66.7 Å². The largest absolute Gasteiger partial charge is 0.457 e. The van der Waals surface area contributed by atoms with E-state index in [1.54, 1.807) is 24.3 Å². The SMILES string of the molecule is Cc1cccc(C)c1Oc1ccc(NC(=O)CCCC(=O)OCC(=O)c2ccc([N+](=O)[O-])cc2)cc1. The van der Waals surface area contributed by atoms with E-state index >= 15 is 0 Å². The second kappa shape index (κ2) is 12.3. The highest BCUT2D eigenvalue weighted by Gasteiger charge is 2.13. The van der Waals surface area contributed by atoms with Crippen LogP contribution in [0.5, 0.6) is 11.5 Å². The molecule has 0 unspecified atom stereocenters. The van der Waals surface area contributed by atoms with E-state index < -0.39 is 23.3 Å². The quantitative estimate of drug-likeness (QED) is 0.162. The zero-order valence-electron chi connectivity index (χ0n) is 20.0. The van der Waals surface area contributed by atoms with Gasteiger partial charge in [-0.15, -0.1) is 0 Å².